The van der Waals surface area contributed by atoms with Crippen LogP contribution in [0.25, 0.3) is 0 Å². The molecule has 0 bridgehead atoms. The van der Waals surface area contributed by atoms with Gasteiger partial charge in [0.15, 0.2) is 0 Å². The van der Waals surface area contributed by atoms with Crippen LogP contribution in [0.4, 0.5) is 10.1 Å². The van der Waals surface area contributed by atoms with Gasteiger partial charge in [-0.05, 0) is 81.6 Å². The van der Waals surface area contributed by atoms with Crippen molar-refractivity contribution in [2.45, 2.75) is 75.4 Å². The molecule has 3 aliphatic rings. The van der Waals surface area contributed by atoms with Crippen molar-refractivity contribution in [3.8, 4) is 0 Å². The number of nitrogens with one attached hydrogen (secondary N) is 2. The fourth-order valence-electron chi connectivity index (χ4n) is 5.47. The van der Waals surface area contributed by atoms with Crippen LogP contribution in [-0.4, -0.2) is 66.7 Å². The molecule has 0 aromatic heterocycles. The summed E-state index contributed by atoms with van der Waals surface area (Å²) in [5.74, 6) is -0.598. The first-order chi connectivity index (χ1) is 15.4. The number of imide groups is 1. The summed E-state index contributed by atoms with van der Waals surface area (Å²) in [5, 5.41) is 11.4. The van der Waals surface area contributed by atoms with E-state index in [1.54, 1.807) is 0 Å². The molecule has 0 spiro atoms. The number of rotatable bonds is 6. The minimum atomic E-state index is -0.502. The molecule has 2 heterocycles. The smallest absolute Gasteiger partial charge is 0.249 e. The lowest BCUT2D eigenvalue weighted by Gasteiger charge is -2.42. The summed E-state index contributed by atoms with van der Waals surface area (Å²) in [6.07, 6.45) is 7.32. The standard InChI is InChI=1S/C24H34FN5O2/c1-26-29(2)18-4-6-19(7-5-18)30-13-11-16(12-14-30)20-8-3-17(15-21(20)25)27-22-9-10-23(31)28-24(22)32/h3,8,15-16,18-19,22,27H,1,4-7,9-14H2,2H3,(H,28,31,32). The fraction of sp³-hybridized carbons (Fsp3) is 0.625. The summed E-state index contributed by atoms with van der Waals surface area (Å²) in [6, 6.07) is 5.81. The minimum absolute atomic E-state index is 0.221. The first kappa shape index (κ1) is 22.7. The van der Waals surface area contributed by atoms with Crippen molar-refractivity contribution in [2.75, 3.05) is 25.5 Å². The fourth-order valence-corrected chi connectivity index (χ4v) is 5.47. The predicted molar refractivity (Wildman–Crippen MR) is 123 cm³/mol. The topological polar surface area (TPSA) is 77.0 Å². The van der Waals surface area contributed by atoms with Crippen LogP contribution >= 0.6 is 0 Å². The monoisotopic (exact) mass is 443 g/mol. The summed E-state index contributed by atoms with van der Waals surface area (Å²) < 4.78 is 14.9. The third-order valence-electron chi connectivity index (χ3n) is 7.48. The van der Waals surface area contributed by atoms with E-state index >= 15 is 0 Å². The van der Waals surface area contributed by atoms with Gasteiger partial charge in [0.1, 0.15) is 11.9 Å². The molecule has 1 aliphatic carbocycles. The van der Waals surface area contributed by atoms with Crippen LogP contribution in [0.1, 0.15) is 62.8 Å². The number of benzene rings is 1. The lowest BCUT2D eigenvalue weighted by Crippen LogP contribution is -2.47. The number of carbonyl (C=O) groups is 2. The summed E-state index contributed by atoms with van der Waals surface area (Å²) in [5.41, 5.74) is 1.34. The highest BCUT2D eigenvalue weighted by atomic mass is 19.1. The SMILES string of the molecule is C=NN(C)C1CCC(N2CCC(c3ccc(NC4CCC(=O)NC4=O)cc3F)CC2)CC1. The van der Waals surface area contributed by atoms with E-state index in [-0.39, 0.29) is 23.5 Å². The maximum atomic E-state index is 14.9. The Morgan fingerprint density at radius 1 is 1.12 bits per heavy atom. The number of halogens is 1. The molecule has 2 amide bonds. The molecule has 3 fully saturated rings. The number of hydrazone groups is 1. The Kier molecular flexibility index (Phi) is 7.08. The van der Waals surface area contributed by atoms with E-state index in [1.807, 2.05) is 24.2 Å². The lowest BCUT2D eigenvalue weighted by molar-refractivity contribution is -0.133. The van der Waals surface area contributed by atoms with E-state index in [2.05, 4.69) is 27.4 Å². The molecule has 174 valence electrons. The van der Waals surface area contributed by atoms with Crippen LogP contribution in [-0.2, 0) is 9.59 Å². The number of carbonyl (C=O) groups excluding carboxylic acids is 2. The number of piperidine rings is 2. The molecule has 32 heavy (non-hydrogen) atoms. The molecule has 1 saturated carbocycles. The molecule has 2 aliphatic heterocycles. The molecule has 8 heteroatoms. The number of nitrogens with zero attached hydrogens (tertiary/aromatic N) is 3. The predicted octanol–water partition coefficient (Wildman–Crippen LogP) is 3.08. The molecule has 7 nitrogen and oxygen atoms in total. The van der Waals surface area contributed by atoms with Crippen molar-refractivity contribution >= 4 is 24.2 Å². The zero-order valence-corrected chi connectivity index (χ0v) is 18.9. The van der Waals surface area contributed by atoms with Crippen molar-refractivity contribution in [3.05, 3.63) is 29.6 Å². The summed E-state index contributed by atoms with van der Waals surface area (Å²) in [6.45, 7) is 5.64. The van der Waals surface area contributed by atoms with E-state index in [1.165, 1.54) is 18.9 Å². The van der Waals surface area contributed by atoms with Crippen LogP contribution in [0.3, 0.4) is 0 Å². The van der Waals surface area contributed by atoms with Gasteiger partial charge in [-0.1, -0.05) is 6.07 Å². The Morgan fingerprint density at radius 3 is 2.47 bits per heavy atom. The molecule has 1 aromatic rings. The number of hydrogen-bond acceptors (Lipinski definition) is 6. The van der Waals surface area contributed by atoms with E-state index in [0.717, 1.165) is 44.3 Å². The highest BCUT2D eigenvalue weighted by molar-refractivity contribution is 6.01. The van der Waals surface area contributed by atoms with Gasteiger partial charge in [-0.3, -0.25) is 19.9 Å². The molecule has 2 saturated heterocycles. The average molecular weight is 444 g/mol. The van der Waals surface area contributed by atoms with Gasteiger partial charge < -0.3 is 10.2 Å². The van der Waals surface area contributed by atoms with Gasteiger partial charge in [0.2, 0.25) is 11.8 Å². The average Bonchev–Trinajstić information content (AvgIpc) is 2.81. The maximum absolute atomic E-state index is 14.9. The maximum Gasteiger partial charge on any atom is 0.249 e. The van der Waals surface area contributed by atoms with E-state index < -0.39 is 6.04 Å². The van der Waals surface area contributed by atoms with Gasteiger partial charge in [0.05, 0.1) is 0 Å². The summed E-state index contributed by atoms with van der Waals surface area (Å²) >= 11 is 0. The van der Waals surface area contributed by atoms with Crippen LogP contribution < -0.4 is 10.6 Å². The molecule has 2 N–H and O–H groups in total. The number of anilines is 1. The Bertz CT molecular complexity index is 847. The van der Waals surface area contributed by atoms with Gasteiger partial charge in [0, 0.05) is 38.0 Å². The van der Waals surface area contributed by atoms with Gasteiger partial charge in [-0.25, -0.2) is 4.39 Å². The van der Waals surface area contributed by atoms with E-state index in [4.69, 9.17) is 0 Å². The molecular weight excluding hydrogens is 409 g/mol. The zero-order chi connectivity index (χ0) is 22.7. The van der Waals surface area contributed by atoms with Gasteiger partial charge in [-0.2, -0.15) is 5.10 Å². The molecule has 1 unspecified atom stereocenters. The van der Waals surface area contributed by atoms with Crippen LogP contribution in [0.2, 0.25) is 0 Å². The van der Waals surface area contributed by atoms with Gasteiger partial charge in [-0.15, -0.1) is 0 Å². The summed E-state index contributed by atoms with van der Waals surface area (Å²) in [4.78, 5) is 25.8. The second-order valence-electron chi connectivity index (χ2n) is 9.37. The van der Waals surface area contributed by atoms with E-state index in [0.29, 0.717) is 30.6 Å². The third kappa shape index (κ3) is 5.11. The van der Waals surface area contributed by atoms with Crippen molar-refractivity contribution in [2.24, 2.45) is 5.10 Å². The van der Waals surface area contributed by atoms with Crippen molar-refractivity contribution in [3.63, 3.8) is 0 Å². The van der Waals surface area contributed by atoms with Crippen molar-refractivity contribution < 1.29 is 14.0 Å². The number of hydrogen-bond donors (Lipinski definition) is 2. The first-order valence-corrected chi connectivity index (χ1v) is 11.8. The Labute approximate surface area is 189 Å². The highest BCUT2D eigenvalue weighted by Crippen LogP contribution is 2.34. The zero-order valence-electron chi connectivity index (χ0n) is 18.9. The molecule has 1 aromatic carbocycles. The Morgan fingerprint density at radius 2 is 1.84 bits per heavy atom. The van der Waals surface area contributed by atoms with Gasteiger partial charge >= 0.3 is 0 Å². The second kappa shape index (κ2) is 9.98. The van der Waals surface area contributed by atoms with E-state index in [9.17, 15) is 14.0 Å². The van der Waals surface area contributed by atoms with Crippen LogP contribution in [0.5, 0.6) is 0 Å². The number of likely N-dealkylation sites (tertiary alicyclic amines) is 1. The molecular formula is C24H34FN5O2. The highest BCUT2D eigenvalue weighted by Gasteiger charge is 2.31. The number of amides is 2. The molecule has 4 rings (SSSR count). The van der Waals surface area contributed by atoms with Crippen LogP contribution in [0.15, 0.2) is 23.3 Å². The minimum Gasteiger partial charge on any atom is -0.374 e. The Hall–Kier alpha value is -2.48. The normalized spacial score (nSPS) is 27.6. The first-order valence-electron chi connectivity index (χ1n) is 11.8. The molecule has 0 radical (unpaired) electrons. The Balaban J connectivity index is 1.29. The summed E-state index contributed by atoms with van der Waals surface area (Å²) in [7, 11) is 2.00. The van der Waals surface area contributed by atoms with Crippen molar-refractivity contribution in [1.29, 1.82) is 0 Å². The lowest BCUT2D eigenvalue weighted by atomic mass is 9.85. The quantitative estimate of drug-likeness (QED) is 0.401. The second-order valence-corrected chi connectivity index (χ2v) is 9.37. The van der Waals surface area contributed by atoms with Gasteiger partial charge in [0.25, 0.3) is 0 Å². The largest absolute Gasteiger partial charge is 0.374 e. The van der Waals surface area contributed by atoms with Crippen molar-refractivity contribution in [1.82, 2.24) is 15.2 Å². The third-order valence-corrected chi connectivity index (χ3v) is 7.48. The van der Waals surface area contributed by atoms with Crippen LogP contribution in [0, 0.1) is 5.82 Å². The molecule has 1 atom stereocenters.